The van der Waals surface area contributed by atoms with Gasteiger partial charge >= 0.3 is 12.1 Å². The van der Waals surface area contributed by atoms with Crippen LogP contribution in [0.5, 0.6) is 0 Å². The molecule has 1 aliphatic heterocycles. The van der Waals surface area contributed by atoms with E-state index < -0.39 is 42.3 Å². The molecular formula is C31H32N2O7. The molecule has 0 spiro atoms. The third-order valence-corrected chi connectivity index (χ3v) is 7.39. The maximum absolute atomic E-state index is 13.3. The number of rotatable bonds is 10. The Morgan fingerprint density at radius 2 is 1.57 bits per heavy atom. The Morgan fingerprint density at radius 3 is 2.23 bits per heavy atom. The van der Waals surface area contributed by atoms with Crippen LogP contribution < -0.4 is 10.6 Å². The van der Waals surface area contributed by atoms with E-state index in [2.05, 4.69) is 22.8 Å². The number of nitrogens with one attached hydrogen (secondary N) is 2. The molecule has 1 fully saturated rings. The first kappa shape index (κ1) is 27.4. The van der Waals surface area contributed by atoms with Crippen LogP contribution in [0.15, 0.2) is 78.9 Å². The average molecular weight is 545 g/mol. The lowest BCUT2D eigenvalue weighted by Crippen LogP contribution is -2.56. The Hall–Kier alpha value is -4.21. The summed E-state index contributed by atoms with van der Waals surface area (Å²) < 4.78 is 16.9. The first-order valence-corrected chi connectivity index (χ1v) is 13.3. The van der Waals surface area contributed by atoms with Crippen LogP contribution in [0.1, 0.15) is 36.0 Å². The van der Waals surface area contributed by atoms with Gasteiger partial charge in [-0.2, -0.15) is 0 Å². The highest BCUT2D eigenvalue weighted by Gasteiger charge is 2.38. The van der Waals surface area contributed by atoms with Crippen molar-refractivity contribution >= 4 is 18.0 Å². The zero-order valence-corrected chi connectivity index (χ0v) is 22.1. The SMILES string of the molecule is C[C@H](OCc1ccccc1)[C@@H](NC(=O)OCC1c2ccccc2-c2ccccc21)C(=O)N[C@H]1CCO[C@H]1C(=O)O. The first-order valence-electron chi connectivity index (χ1n) is 13.3. The Morgan fingerprint density at radius 1 is 0.950 bits per heavy atom. The molecule has 3 aromatic rings. The quantitative estimate of drug-likeness (QED) is 0.354. The molecular weight excluding hydrogens is 512 g/mol. The van der Waals surface area contributed by atoms with E-state index in [0.29, 0.717) is 6.42 Å². The molecule has 0 radical (unpaired) electrons. The van der Waals surface area contributed by atoms with Gasteiger partial charge < -0.3 is 30.0 Å². The van der Waals surface area contributed by atoms with Crippen molar-refractivity contribution in [1.29, 1.82) is 0 Å². The van der Waals surface area contributed by atoms with Gasteiger partial charge in [0, 0.05) is 12.5 Å². The lowest BCUT2D eigenvalue weighted by molar-refractivity contribution is -0.148. The summed E-state index contributed by atoms with van der Waals surface area (Å²) in [5, 5.41) is 14.8. The highest BCUT2D eigenvalue weighted by atomic mass is 16.6. The summed E-state index contributed by atoms with van der Waals surface area (Å²) in [7, 11) is 0. The number of fused-ring (bicyclic) bond motifs is 3. The number of hydrogen-bond acceptors (Lipinski definition) is 6. The largest absolute Gasteiger partial charge is 0.479 e. The minimum absolute atomic E-state index is 0.0883. The maximum Gasteiger partial charge on any atom is 0.407 e. The Labute approximate surface area is 232 Å². The van der Waals surface area contributed by atoms with E-state index >= 15 is 0 Å². The van der Waals surface area contributed by atoms with Crippen LogP contribution >= 0.6 is 0 Å². The van der Waals surface area contributed by atoms with Crippen molar-refractivity contribution in [1.82, 2.24) is 10.6 Å². The van der Waals surface area contributed by atoms with Crippen molar-refractivity contribution in [2.24, 2.45) is 0 Å². The van der Waals surface area contributed by atoms with Crippen molar-refractivity contribution in [3.8, 4) is 11.1 Å². The molecule has 0 bridgehead atoms. The van der Waals surface area contributed by atoms with Gasteiger partial charge in [-0.1, -0.05) is 78.9 Å². The van der Waals surface area contributed by atoms with Gasteiger partial charge in [-0.25, -0.2) is 9.59 Å². The lowest BCUT2D eigenvalue weighted by Gasteiger charge is -2.27. The van der Waals surface area contributed by atoms with Gasteiger partial charge in [-0.05, 0) is 41.2 Å². The fourth-order valence-electron chi connectivity index (χ4n) is 5.31. The van der Waals surface area contributed by atoms with Gasteiger partial charge in [0.05, 0.1) is 18.8 Å². The van der Waals surface area contributed by atoms with Crippen molar-refractivity contribution in [3.63, 3.8) is 0 Å². The van der Waals surface area contributed by atoms with Gasteiger partial charge in [0.25, 0.3) is 0 Å². The maximum atomic E-state index is 13.3. The number of benzene rings is 3. The number of carbonyl (C=O) groups excluding carboxylic acids is 2. The minimum atomic E-state index is -1.16. The molecule has 1 aliphatic carbocycles. The number of amides is 2. The van der Waals surface area contributed by atoms with Crippen LogP contribution in [0.3, 0.4) is 0 Å². The van der Waals surface area contributed by atoms with Gasteiger partial charge in [-0.15, -0.1) is 0 Å². The molecule has 2 amide bonds. The van der Waals surface area contributed by atoms with Crippen LogP contribution in [0, 0.1) is 0 Å². The predicted molar refractivity (Wildman–Crippen MR) is 147 cm³/mol. The van der Waals surface area contributed by atoms with Crippen LogP contribution in [0.25, 0.3) is 11.1 Å². The topological polar surface area (TPSA) is 123 Å². The predicted octanol–water partition coefficient (Wildman–Crippen LogP) is 3.86. The Balaban J connectivity index is 1.27. The van der Waals surface area contributed by atoms with Crippen molar-refractivity contribution in [3.05, 3.63) is 95.6 Å². The molecule has 3 N–H and O–H groups in total. The molecule has 3 aromatic carbocycles. The molecule has 40 heavy (non-hydrogen) atoms. The van der Waals surface area contributed by atoms with Crippen molar-refractivity contribution < 1.29 is 33.7 Å². The number of hydrogen-bond donors (Lipinski definition) is 3. The summed E-state index contributed by atoms with van der Waals surface area (Å²) in [6.07, 6.45) is -2.32. The van der Waals surface area contributed by atoms with Gasteiger partial charge in [0.15, 0.2) is 6.10 Å². The van der Waals surface area contributed by atoms with Crippen molar-refractivity contribution in [2.45, 2.75) is 50.2 Å². The second kappa shape index (κ2) is 12.3. The van der Waals surface area contributed by atoms with E-state index in [1.807, 2.05) is 66.7 Å². The fourth-order valence-corrected chi connectivity index (χ4v) is 5.31. The second-order valence-electron chi connectivity index (χ2n) is 9.98. The number of carboxylic acid groups (broad SMARTS) is 1. The highest BCUT2D eigenvalue weighted by Crippen LogP contribution is 2.44. The number of aliphatic carboxylic acids is 1. The van der Waals surface area contributed by atoms with Crippen LogP contribution in [-0.4, -0.2) is 60.6 Å². The molecule has 9 heteroatoms. The number of ether oxygens (including phenoxy) is 3. The van der Waals surface area contributed by atoms with Gasteiger partial charge in [-0.3, -0.25) is 4.79 Å². The third kappa shape index (κ3) is 6.00. The highest BCUT2D eigenvalue weighted by molar-refractivity contribution is 5.87. The molecule has 1 saturated heterocycles. The van der Waals surface area contributed by atoms with E-state index in [1.54, 1.807) is 6.92 Å². The molecule has 0 saturated carbocycles. The fraction of sp³-hybridized carbons (Fsp3) is 0.323. The monoisotopic (exact) mass is 544 g/mol. The molecule has 1 heterocycles. The molecule has 9 nitrogen and oxygen atoms in total. The van der Waals surface area contributed by atoms with E-state index in [9.17, 15) is 19.5 Å². The normalized spacial score (nSPS) is 19.2. The average Bonchev–Trinajstić information content (AvgIpc) is 3.56. The first-order chi connectivity index (χ1) is 19.4. The summed E-state index contributed by atoms with van der Waals surface area (Å²) >= 11 is 0. The molecule has 4 atom stereocenters. The second-order valence-corrected chi connectivity index (χ2v) is 9.98. The van der Waals surface area contributed by atoms with Gasteiger partial charge in [0.1, 0.15) is 12.6 Å². The number of carbonyl (C=O) groups is 3. The summed E-state index contributed by atoms with van der Waals surface area (Å²) in [6.45, 7) is 2.21. The Kier molecular flexibility index (Phi) is 8.42. The number of alkyl carbamates (subject to hydrolysis) is 1. The summed E-state index contributed by atoms with van der Waals surface area (Å²) in [4.78, 5) is 37.9. The van der Waals surface area contributed by atoms with E-state index in [0.717, 1.165) is 27.8 Å². The summed E-state index contributed by atoms with van der Waals surface area (Å²) in [5.74, 6) is -1.86. The van der Waals surface area contributed by atoms with Gasteiger partial charge in [0.2, 0.25) is 5.91 Å². The Bertz CT molecular complexity index is 1320. The smallest absolute Gasteiger partial charge is 0.407 e. The van der Waals surface area contributed by atoms with E-state index in [4.69, 9.17) is 14.2 Å². The zero-order valence-electron chi connectivity index (χ0n) is 22.1. The lowest BCUT2D eigenvalue weighted by atomic mass is 9.98. The zero-order chi connectivity index (χ0) is 28.1. The number of carboxylic acids is 1. The third-order valence-electron chi connectivity index (χ3n) is 7.39. The van der Waals surface area contributed by atoms with Crippen LogP contribution in [0.2, 0.25) is 0 Å². The molecule has 0 aromatic heterocycles. The molecule has 2 aliphatic rings. The molecule has 0 unspecified atom stereocenters. The minimum Gasteiger partial charge on any atom is -0.479 e. The van der Waals surface area contributed by atoms with Crippen LogP contribution in [-0.2, 0) is 30.4 Å². The summed E-state index contributed by atoms with van der Waals surface area (Å²) in [6, 6.07) is 23.6. The standard InChI is InChI=1S/C31H32N2O7/c1-19(39-17-20-9-3-2-4-10-20)27(29(34)32-26-15-16-38-28(26)30(35)36)33-31(37)40-18-25-23-13-7-5-11-21(23)22-12-6-8-14-24(22)25/h2-14,19,25-28H,15-18H2,1H3,(H,32,34)(H,33,37)(H,35,36)/t19-,26-,27+,28+/m0/s1. The van der Waals surface area contributed by atoms with Crippen LogP contribution in [0.4, 0.5) is 4.79 Å². The van der Waals surface area contributed by atoms with E-state index in [-0.39, 0.29) is 25.7 Å². The van der Waals surface area contributed by atoms with E-state index in [1.165, 1.54) is 0 Å². The van der Waals surface area contributed by atoms with Crippen molar-refractivity contribution in [2.75, 3.05) is 13.2 Å². The molecule has 5 rings (SSSR count). The summed E-state index contributed by atoms with van der Waals surface area (Å²) in [5.41, 5.74) is 5.28. The molecule has 208 valence electrons.